The fraction of sp³-hybridized carbons (Fsp3) is 0.647. The quantitative estimate of drug-likeness (QED) is 0.752. The van der Waals surface area contributed by atoms with Crippen molar-refractivity contribution in [3.63, 3.8) is 0 Å². The van der Waals surface area contributed by atoms with Crippen molar-refractivity contribution >= 4 is 23.4 Å². The molecule has 112 valence electrons. The summed E-state index contributed by atoms with van der Waals surface area (Å²) >= 11 is 8.08. The molecule has 0 bridgehead atoms. The van der Waals surface area contributed by atoms with Gasteiger partial charge >= 0.3 is 0 Å². The summed E-state index contributed by atoms with van der Waals surface area (Å²) in [6, 6.07) is 9.02. The van der Waals surface area contributed by atoms with Crippen LogP contribution in [0, 0.1) is 0 Å². The molecule has 1 aromatic carbocycles. The predicted molar refractivity (Wildman–Crippen MR) is 92.0 cm³/mol. The maximum atomic E-state index is 6.07. The van der Waals surface area contributed by atoms with Gasteiger partial charge < -0.3 is 5.32 Å². The van der Waals surface area contributed by atoms with Gasteiger partial charge in [-0.3, -0.25) is 0 Å². The highest BCUT2D eigenvalue weighted by molar-refractivity contribution is 8.00. The fourth-order valence-electron chi connectivity index (χ4n) is 3.01. The van der Waals surface area contributed by atoms with Crippen LogP contribution in [0.2, 0.25) is 5.02 Å². The number of benzene rings is 1. The monoisotopic (exact) mass is 311 g/mol. The highest BCUT2D eigenvalue weighted by atomic mass is 35.5. The smallest absolute Gasteiger partial charge is 0.0408 e. The van der Waals surface area contributed by atoms with Crippen molar-refractivity contribution in [2.45, 2.75) is 56.2 Å². The van der Waals surface area contributed by atoms with Crippen molar-refractivity contribution < 1.29 is 0 Å². The lowest BCUT2D eigenvalue weighted by Gasteiger charge is -2.39. The van der Waals surface area contributed by atoms with Crippen LogP contribution in [0.4, 0.5) is 0 Å². The highest BCUT2D eigenvalue weighted by Crippen LogP contribution is 2.38. The lowest BCUT2D eigenvalue weighted by atomic mass is 9.75. The molecule has 3 heteroatoms. The molecule has 1 aliphatic carbocycles. The Morgan fingerprint density at radius 2 is 2.00 bits per heavy atom. The Morgan fingerprint density at radius 1 is 1.30 bits per heavy atom. The van der Waals surface area contributed by atoms with Gasteiger partial charge in [-0.05, 0) is 55.6 Å². The van der Waals surface area contributed by atoms with E-state index in [1.54, 1.807) is 0 Å². The van der Waals surface area contributed by atoms with E-state index < -0.39 is 0 Å². The molecule has 1 N–H and O–H groups in total. The van der Waals surface area contributed by atoms with Crippen LogP contribution in [0.1, 0.15) is 51.0 Å². The minimum absolute atomic E-state index is 0.418. The van der Waals surface area contributed by atoms with Gasteiger partial charge in [0.15, 0.2) is 0 Å². The number of thioether (sulfide) groups is 1. The van der Waals surface area contributed by atoms with E-state index in [-0.39, 0.29) is 0 Å². The first-order valence-electron chi connectivity index (χ1n) is 7.66. The number of nitrogens with one attached hydrogen (secondary N) is 1. The zero-order chi connectivity index (χ0) is 14.6. The molecule has 0 unspecified atom stereocenters. The molecule has 0 saturated heterocycles. The van der Waals surface area contributed by atoms with Gasteiger partial charge in [-0.15, -0.1) is 0 Å². The molecule has 0 aliphatic heterocycles. The first-order valence-corrected chi connectivity index (χ1v) is 9.26. The Bertz CT molecular complexity index is 416. The van der Waals surface area contributed by atoms with E-state index in [1.165, 1.54) is 31.2 Å². The molecule has 1 nitrogen and oxygen atoms in total. The van der Waals surface area contributed by atoms with Crippen molar-refractivity contribution in [2.24, 2.45) is 0 Å². The van der Waals surface area contributed by atoms with Gasteiger partial charge in [-0.25, -0.2) is 0 Å². The largest absolute Gasteiger partial charge is 0.313 e. The van der Waals surface area contributed by atoms with Gasteiger partial charge in [0.1, 0.15) is 0 Å². The Labute approximate surface area is 132 Å². The van der Waals surface area contributed by atoms with Crippen LogP contribution in [0.25, 0.3) is 0 Å². The molecule has 1 fully saturated rings. The second-order valence-corrected chi connectivity index (χ2v) is 7.61. The lowest BCUT2D eigenvalue weighted by molar-refractivity contribution is 0.279. The van der Waals surface area contributed by atoms with Crippen LogP contribution in [-0.2, 0) is 0 Å². The molecule has 2 rings (SSSR count). The molecule has 0 heterocycles. The van der Waals surface area contributed by atoms with Gasteiger partial charge in [0.05, 0.1) is 0 Å². The zero-order valence-corrected chi connectivity index (χ0v) is 14.4. The van der Waals surface area contributed by atoms with E-state index in [2.05, 4.69) is 43.6 Å². The molecular weight excluding hydrogens is 286 g/mol. The van der Waals surface area contributed by atoms with Crippen LogP contribution in [-0.4, -0.2) is 23.6 Å². The van der Waals surface area contributed by atoms with Crippen molar-refractivity contribution in [3.05, 3.63) is 34.9 Å². The summed E-state index contributed by atoms with van der Waals surface area (Å²) in [4.78, 5) is 0. The molecule has 1 aromatic rings. The number of hydrogen-bond acceptors (Lipinski definition) is 2. The van der Waals surface area contributed by atoms with E-state index in [4.69, 9.17) is 11.6 Å². The van der Waals surface area contributed by atoms with E-state index >= 15 is 0 Å². The van der Waals surface area contributed by atoms with Gasteiger partial charge in [-0.1, -0.05) is 37.6 Å². The second-order valence-electron chi connectivity index (χ2n) is 5.90. The van der Waals surface area contributed by atoms with Crippen molar-refractivity contribution in [1.82, 2.24) is 5.32 Å². The summed E-state index contributed by atoms with van der Waals surface area (Å²) in [7, 11) is 0. The van der Waals surface area contributed by atoms with Gasteiger partial charge in [-0.2, -0.15) is 11.8 Å². The van der Waals surface area contributed by atoms with Crippen LogP contribution in [0.5, 0.6) is 0 Å². The third-order valence-corrected chi connectivity index (χ3v) is 6.72. The number of hydrogen-bond donors (Lipinski definition) is 1. The minimum Gasteiger partial charge on any atom is -0.313 e. The predicted octanol–water partition coefficient (Wildman–Crippen LogP) is 5.10. The first kappa shape index (κ1) is 16.2. The maximum Gasteiger partial charge on any atom is 0.0408 e. The lowest BCUT2D eigenvalue weighted by Crippen LogP contribution is -2.46. The maximum absolute atomic E-state index is 6.07. The Kier molecular flexibility index (Phi) is 5.83. The third-order valence-electron chi connectivity index (χ3n) is 4.89. The van der Waals surface area contributed by atoms with E-state index in [0.717, 1.165) is 11.6 Å². The summed E-state index contributed by atoms with van der Waals surface area (Å²) in [6.45, 7) is 5.74. The average Bonchev–Trinajstić information content (AvgIpc) is 2.42. The van der Waals surface area contributed by atoms with E-state index in [9.17, 15) is 0 Å². The molecule has 0 aromatic heterocycles. The van der Waals surface area contributed by atoms with Gasteiger partial charge in [0.25, 0.3) is 0 Å². The summed E-state index contributed by atoms with van der Waals surface area (Å²) in [5, 5.41) is 4.63. The van der Waals surface area contributed by atoms with Crippen LogP contribution in [0.3, 0.4) is 0 Å². The summed E-state index contributed by atoms with van der Waals surface area (Å²) in [5.74, 6) is 0.693. The molecule has 0 amide bonds. The first-order chi connectivity index (χ1) is 9.62. The molecule has 0 radical (unpaired) electrons. The standard InChI is InChI=1S/C17H26ClNS/c1-4-17(5-2,20-3)12-19-16-10-14(11-16)13-7-6-8-15(18)9-13/h6-9,14,16,19H,4-5,10-12H2,1-3H3. The Hall–Kier alpha value is -0.180. The number of rotatable bonds is 7. The SMILES string of the molecule is CCC(CC)(CNC1CC(c2cccc(Cl)c2)C1)SC. The Morgan fingerprint density at radius 3 is 2.55 bits per heavy atom. The van der Waals surface area contributed by atoms with Crippen LogP contribution in [0.15, 0.2) is 24.3 Å². The Balaban J connectivity index is 1.79. The van der Waals surface area contributed by atoms with Crippen LogP contribution < -0.4 is 5.32 Å². The van der Waals surface area contributed by atoms with Crippen molar-refractivity contribution in [1.29, 1.82) is 0 Å². The molecule has 0 atom stereocenters. The average molecular weight is 312 g/mol. The van der Waals surface area contributed by atoms with Crippen molar-refractivity contribution in [2.75, 3.05) is 12.8 Å². The summed E-state index contributed by atoms with van der Waals surface area (Å²) in [6.07, 6.45) is 7.21. The fourth-order valence-corrected chi connectivity index (χ4v) is 4.01. The molecular formula is C17H26ClNS. The van der Waals surface area contributed by atoms with Crippen LogP contribution >= 0.6 is 23.4 Å². The second kappa shape index (κ2) is 7.20. The highest BCUT2D eigenvalue weighted by Gasteiger charge is 2.32. The van der Waals surface area contributed by atoms with Gasteiger partial charge in [0, 0.05) is 22.4 Å². The van der Waals surface area contributed by atoms with Crippen molar-refractivity contribution in [3.8, 4) is 0 Å². The molecule has 1 saturated carbocycles. The van der Waals surface area contributed by atoms with E-state index in [0.29, 0.717) is 16.7 Å². The molecule has 20 heavy (non-hydrogen) atoms. The normalized spacial score (nSPS) is 22.6. The molecule has 1 aliphatic rings. The topological polar surface area (TPSA) is 12.0 Å². The minimum atomic E-state index is 0.418. The van der Waals surface area contributed by atoms with Gasteiger partial charge in [0.2, 0.25) is 0 Å². The number of halogens is 1. The molecule has 0 spiro atoms. The van der Waals surface area contributed by atoms with E-state index in [1.807, 2.05) is 17.8 Å². The zero-order valence-electron chi connectivity index (χ0n) is 12.8. The summed E-state index contributed by atoms with van der Waals surface area (Å²) < 4.78 is 0.418. The third kappa shape index (κ3) is 3.72. The summed E-state index contributed by atoms with van der Waals surface area (Å²) in [5.41, 5.74) is 1.40.